The summed E-state index contributed by atoms with van der Waals surface area (Å²) in [4.78, 5) is 10.6. The van der Waals surface area contributed by atoms with Crippen LogP contribution < -0.4 is 0 Å². The van der Waals surface area contributed by atoms with Gasteiger partial charge in [0, 0.05) is 0 Å². The van der Waals surface area contributed by atoms with Crippen LogP contribution in [0.1, 0.15) is 11.5 Å². The molecule has 0 fully saturated rings. The van der Waals surface area contributed by atoms with Gasteiger partial charge in [0.2, 0.25) is 5.82 Å². The number of aryl methyl sites for hydroxylation is 1. The molecule has 2 aromatic heterocycles. The van der Waals surface area contributed by atoms with Crippen molar-refractivity contribution >= 4 is 5.97 Å². The molecule has 2 rings (SSSR count). The number of aromatic amines is 1. The van der Waals surface area contributed by atoms with Crippen LogP contribution in [0.5, 0.6) is 0 Å². The molecule has 2 aromatic rings. The summed E-state index contributed by atoms with van der Waals surface area (Å²) in [6, 6.07) is 0. The van der Waals surface area contributed by atoms with Gasteiger partial charge in [-0.2, -0.15) is 5.21 Å². The normalized spacial score (nSPS) is 10.5. The van der Waals surface area contributed by atoms with E-state index in [-0.39, 0.29) is 12.2 Å². The number of rotatable bonds is 3. The standard InChI is InChI=1S/C7H7N5O3/c1-3-6(7-8-11-12-9-7)4(10-15-3)2-5(13)14/h2H2,1H3,(H,13,14)(H,8,9,11,12). The maximum atomic E-state index is 10.6. The molecule has 0 saturated heterocycles. The molecule has 0 aromatic carbocycles. The summed E-state index contributed by atoms with van der Waals surface area (Å²) >= 11 is 0. The Hall–Kier alpha value is -2.25. The van der Waals surface area contributed by atoms with Crippen molar-refractivity contribution in [2.45, 2.75) is 13.3 Å². The predicted octanol–water partition coefficient (Wildman–Crippen LogP) is -0.210. The highest BCUT2D eigenvalue weighted by Gasteiger charge is 2.20. The second-order valence-electron chi connectivity index (χ2n) is 2.87. The molecule has 0 aliphatic rings. The van der Waals surface area contributed by atoms with E-state index in [0.717, 1.165) is 0 Å². The van der Waals surface area contributed by atoms with Gasteiger partial charge in [-0.05, 0) is 12.1 Å². The average Bonchev–Trinajstić information content (AvgIpc) is 2.74. The minimum atomic E-state index is -0.993. The molecule has 8 nitrogen and oxygen atoms in total. The van der Waals surface area contributed by atoms with E-state index in [1.165, 1.54) is 0 Å². The van der Waals surface area contributed by atoms with Crippen molar-refractivity contribution in [3.63, 3.8) is 0 Å². The Morgan fingerprint density at radius 3 is 3.00 bits per heavy atom. The van der Waals surface area contributed by atoms with Crippen molar-refractivity contribution in [3.05, 3.63) is 11.5 Å². The fourth-order valence-electron chi connectivity index (χ4n) is 1.24. The summed E-state index contributed by atoms with van der Waals surface area (Å²) in [5.41, 5.74) is 0.771. The average molecular weight is 209 g/mol. The number of carboxylic acids is 1. The molecule has 0 amide bonds. The van der Waals surface area contributed by atoms with Crippen molar-refractivity contribution in [2.24, 2.45) is 0 Å². The first kappa shape index (κ1) is 9.31. The van der Waals surface area contributed by atoms with E-state index in [9.17, 15) is 4.79 Å². The molecule has 2 heterocycles. The maximum Gasteiger partial charge on any atom is 0.309 e. The number of carboxylic acid groups (broad SMARTS) is 1. The van der Waals surface area contributed by atoms with E-state index in [1.807, 2.05) is 0 Å². The molecule has 78 valence electrons. The van der Waals surface area contributed by atoms with Crippen molar-refractivity contribution in [3.8, 4) is 11.4 Å². The Labute approximate surface area is 83.3 Å². The SMILES string of the molecule is Cc1onc(CC(=O)O)c1-c1nn[nH]n1. The number of hydrogen-bond acceptors (Lipinski definition) is 6. The first-order valence-corrected chi connectivity index (χ1v) is 4.09. The minimum absolute atomic E-state index is 0.235. The van der Waals surface area contributed by atoms with E-state index >= 15 is 0 Å². The van der Waals surface area contributed by atoms with E-state index in [0.29, 0.717) is 17.0 Å². The Kier molecular flexibility index (Phi) is 2.16. The third-order valence-electron chi connectivity index (χ3n) is 1.82. The lowest BCUT2D eigenvalue weighted by molar-refractivity contribution is -0.136. The fraction of sp³-hybridized carbons (Fsp3) is 0.286. The van der Waals surface area contributed by atoms with Gasteiger partial charge >= 0.3 is 5.97 Å². The van der Waals surface area contributed by atoms with E-state index in [1.54, 1.807) is 6.92 Å². The van der Waals surface area contributed by atoms with Gasteiger partial charge in [0.25, 0.3) is 0 Å². The lowest BCUT2D eigenvalue weighted by Crippen LogP contribution is -2.02. The molecular weight excluding hydrogens is 202 g/mol. The number of aromatic nitrogens is 5. The van der Waals surface area contributed by atoms with Crippen LogP contribution in [0.2, 0.25) is 0 Å². The Morgan fingerprint density at radius 2 is 2.40 bits per heavy atom. The van der Waals surface area contributed by atoms with Gasteiger partial charge in [-0.15, -0.1) is 10.2 Å². The van der Waals surface area contributed by atoms with Gasteiger partial charge < -0.3 is 9.63 Å². The molecule has 15 heavy (non-hydrogen) atoms. The number of nitrogens with zero attached hydrogens (tertiary/aromatic N) is 4. The van der Waals surface area contributed by atoms with Crippen LogP contribution in [-0.4, -0.2) is 36.9 Å². The molecule has 0 unspecified atom stereocenters. The highest BCUT2D eigenvalue weighted by Crippen LogP contribution is 2.23. The van der Waals surface area contributed by atoms with Crippen LogP contribution in [0, 0.1) is 6.92 Å². The first-order chi connectivity index (χ1) is 7.18. The predicted molar refractivity (Wildman–Crippen MR) is 45.8 cm³/mol. The maximum absolute atomic E-state index is 10.6. The molecule has 0 bridgehead atoms. The largest absolute Gasteiger partial charge is 0.481 e. The topological polar surface area (TPSA) is 118 Å². The summed E-state index contributed by atoms with van der Waals surface area (Å²) in [5.74, 6) is -0.245. The number of hydrogen-bond donors (Lipinski definition) is 2. The summed E-state index contributed by atoms with van der Waals surface area (Å²) < 4.78 is 4.89. The molecule has 0 atom stereocenters. The third-order valence-corrected chi connectivity index (χ3v) is 1.82. The van der Waals surface area contributed by atoms with Crippen molar-refractivity contribution in [2.75, 3.05) is 0 Å². The van der Waals surface area contributed by atoms with Crippen LogP contribution in [0.4, 0.5) is 0 Å². The lowest BCUT2D eigenvalue weighted by Gasteiger charge is -1.92. The summed E-state index contributed by atoms with van der Waals surface area (Å²) in [6.07, 6.45) is -0.235. The fourth-order valence-corrected chi connectivity index (χ4v) is 1.24. The van der Waals surface area contributed by atoms with Crippen LogP contribution in [0.15, 0.2) is 4.52 Å². The van der Waals surface area contributed by atoms with Gasteiger partial charge in [-0.3, -0.25) is 4.79 Å². The molecule has 0 aliphatic heterocycles. The van der Waals surface area contributed by atoms with Crippen molar-refractivity contribution in [1.82, 2.24) is 25.8 Å². The van der Waals surface area contributed by atoms with Crippen molar-refractivity contribution in [1.29, 1.82) is 0 Å². The third kappa shape index (κ3) is 1.68. The summed E-state index contributed by atoms with van der Waals surface area (Å²) in [6.45, 7) is 1.66. The number of aliphatic carboxylic acids is 1. The van der Waals surface area contributed by atoms with Crippen LogP contribution in [0.3, 0.4) is 0 Å². The number of carbonyl (C=O) groups is 1. The monoisotopic (exact) mass is 209 g/mol. The van der Waals surface area contributed by atoms with Gasteiger partial charge in [0.15, 0.2) is 0 Å². The number of tetrazole rings is 1. The van der Waals surface area contributed by atoms with E-state index < -0.39 is 5.97 Å². The van der Waals surface area contributed by atoms with Gasteiger partial charge in [-0.1, -0.05) is 5.16 Å². The lowest BCUT2D eigenvalue weighted by atomic mass is 10.1. The van der Waals surface area contributed by atoms with E-state index in [4.69, 9.17) is 9.63 Å². The summed E-state index contributed by atoms with van der Waals surface area (Å²) in [7, 11) is 0. The molecule has 2 N–H and O–H groups in total. The van der Waals surface area contributed by atoms with Gasteiger partial charge in [0.1, 0.15) is 11.5 Å². The van der Waals surface area contributed by atoms with Crippen LogP contribution >= 0.6 is 0 Å². The molecule has 0 saturated carbocycles. The zero-order valence-electron chi connectivity index (χ0n) is 7.76. The molecule has 0 spiro atoms. The van der Waals surface area contributed by atoms with Gasteiger partial charge in [-0.25, -0.2) is 0 Å². The van der Waals surface area contributed by atoms with Crippen LogP contribution in [-0.2, 0) is 11.2 Å². The molecular formula is C7H7N5O3. The van der Waals surface area contributed by atoms with E-state index in [2.05, 4.69) is 25.8 Å². The summed E-state index contributed by atoms with van der Waals surface area (Å²) in [5, 5.41) is 25.4. The second-order valence-corrected chi connectivity index (χ2v) is 2.87. The zero-order chi connectivity index (χ0) is 10.8. The molecule has 0 aliphatic carbocycles. The van der Waals surface area contributed by atoms with Crippen molar-refractivity contribution < 1.29 is 14.4 Å². The van der Waals surface area contributed by atoms with Crippen LogP contribution in [0.25, 0.3) is 11.4 Å². The zero-order valence-corrected chi connectivity index (χ0v) is 7.76. The van der Waals surface area contributed by atoms with Gasteiger partial charge in [0.05, 0.1) is 12.0 Å². The Bertz CT molecular complexity index is 475. The molecule has 8 heteroatoms. The minimum Gasteiger partial charge on any atom is -0.481 e. The Balaban J connectivity index is 2.45. The number of nitrogens with one attached hydrogen (secondary N) is 1. The highest BCUT2D eigenvalue weighted by atomic mass is 16.5. The highest BCUT2D eigenvalue weighted by molar-refractivity contribution is 5.73. The Morgan fingerprint density at radius 1 is 1.60 bits per heavy atom. The quantitative estimate of drug-likeness (QED) is 0.717. The second kappa shape index (κ2) is 3.48. The first-order valence-electron chi connectivity index (χ1n) is 4.09. The smallest absolute Gasteiger partial charge is 0.309 e. The molecule has 0 radical (unpaired) electrons. The number of H-pyrrole nitrogens is 1.